The molecular weight excluding hydrogens is 486 g/mol. The Bertz CT molecular complexity index is 1490. The molecule has 1 aromatic carbocycles. The molecule has 3 N–H and O–H groups in total. The number of nitrogens with two attached hydrogens (primary N) is 1. The lowest BCUT2D eigenvalue weighted by Gasteiger charge is -2.41. The van der Waals surface area contributed by atoms with E-state index in [1.165, 1.54) is 7.11 Å². The van der Waals surface area contributed by atoms with Crippen LogP contribution in [0.15, 0.2) is 41.1 Å². The summed E-state index contributed by atoms with van der Waals surface area (Å²) >= 11 is 0. The Hall–Kier alpha value is -3.60. The third kappa shape index (κ3) is 4.09. The fourth-order valence-corrected chi connectivity index (χ4v) is 5.63. The Morgan fingerprint density at radius 2 is 2.08 bits per heavy atom. The molecule has 0 saturated carbocycles. The van der Waals surface area contributed by atoms with Gasteiger partial charge >= 0.3 is 5.97 Å². The van der Waals surface area contributed by atoms with E-state index in [1.54, 1.807) is 13.3 Å². The molecule has 0 spiro atoms. The van der Waals surface area contributed by atoms with E-state index in [2.05, 4.69) is 53.7 Å². The molecule has 0 fully saturated rings. The second-order valence-corrected chi connectivity index (χ2v) is 10.3. The predicted molar refractivity (Wildman–Crippen MR) is 141 cm³/mol. The van der Waals surface area contributed by atoms with Gasteiger partial charge in [-0.2, -0.15) is 4.98 Å². The summed E-state index contributed by atoms with van der Waals surface area (Å²) < 4.78 is 18.5. The van der Waals surface area contributed by atoms with Crippen molar-refractivity contribution in [2.75, 3.05) is 20.8 Å². The summed E-state index contributed by atoms with van der Waals surface area (Å²) in [5, 5.41) is 15.6. The van der Waals surface area contributed by atoms with Gasteiger partial charge in [-0.05, 0) is 48.2 Å². The fraction of sp³-hybridized carbons (Fsp3) is 0.429. The van der Waals surface area contributed by atoms with Crippen LogP contribution in [0.5, 0.6) is 0 Å². The number of carbonyl (C=O) groups excluding carboxylic acids is 1. The van der Waals surface area contributed by atoms with Crippen molar-refractivity contribution in [1.29, 1.82) is 0 Å². The zero-order valence-corrected chi connectivity index (χ0v) is 22.3. The molecule has 10 nitrogen and oxygen atoms in total. The summed E-state index contributed by atoms with van der Waals surface area (Å²) in [6.07, 6.45) is 1.53. The third-order valence-electron chi connectivity index (χ3n) is 7.52. The van der Waals surface area contributed by atoms with Crippen LogP contribution < -0.4 is 5.73 Å². The second-order valence-electron chi connectivity index (χ2n) is 10.3. The van der Waals surface area contributed by atoms with E-state index in [4.69, 9.17) is 24.7 Å². The summed E-state index contributed by atoms with van der Waals surface area (Å²) in [4.78, 5) is 20.9. The standard InChI is InChI=1S/C28H33N5O5/c1-6-33-19-10-9-15(26-31-20(38-32-26)13-18(29)27(35)37-5)12-17(19)21-22(28(2,3)14-34)25(36-4)23-16(24(21)33)8-7-11-30-23/h7-12,18,22,25,34H,6,13-14,29H2,1-5H3/t18-,22?,25-/m0/s1. The van der Waals surface area contributed by atoms with Crippen molar-refractivity contribution in [1.82, 2.24) is 19.7 Å². The number of carbonyl (C=O) groups is 1. The van der Waals surface area contributed by atoms with E-state index in [1.807, 2.05) is 12.1 Å². The maximum atomic E-state index is 11.7. The maximum Gasteiger partial charge on any atom is 0.323 e. The minimum Gasteiger partial charge on any atom is -0.468 e. The van der Waals surface area contributed by atoms with Crippen LogP contribution in [0.2, 0.25) is 0 Å². The van der Waals surface area contributed by atoms with Gasteiger partial charge in [0.2, 0.25) is 11.7 Å². The van der Waals surface area contributed by atoms with Crippen molar-refractivity contribution >= 4 is 16.9 Å². The fourth-order valence-electron chi connectivity index (χ4n) is 5.63. The van der Waals surface area contributed by atoms with Gasteiger partial charge in [-0.15, -0.1) is 0 Å². The normalized spacial score (nSPS) is 17.8. The molecule has 3 atom stereocenters. The third-order valence-corrected chi connectivity index (χ3v) is 7.52. The van der Waals surface area contributed by atoms with Crippen LogP contribution in [0.3, 0.4) is 0 Å². The molecule has 1 unspecified atom stereocenters. The van der Waals surface area contributed by atoms with Crippen LogP contribution >= 0.6 is 0 Å². The largest absolute Gasteiger partial charge is 0.468 e. The molecule has 1 aliphatic carbocycles. The lowest BCUT2D eigenvalue weighted by Crippen LogP contribution is -2.34. The average molecular weight is 520 g/mol. The Balaban J connectivity index is 1.71. The van der Waals surface area contributed by atoms with Gasteiger partial charge in [0.1, 0.15) is 12.1 Å². The van der Waals surface area contributed by atoms with Crippen molar-refractivity contribution in [3.63, 3.8) is 0 Å². The predicted octanol–water partition coefficient (Wildman–Crippen LogP) is 3.62. The van der Waals surface area contributed by atoms with Crippen LogP contribution in [-0.4, -0.2) is 57.6 Å². The molecule has 5 rings (SSSR count). The van der Waals surface area contributed by atoms with Gasteiger partial charge in [-0.3, -0.25) is 9.78 Å². The van der Waals surface area contributed by atoms with Crippen molar-refractivity contribution in [3.05, 3.63) is 53.7 Å². The molecule has 3 aromatic heterocycles. The van der Waals surface area contributed by atoms with Crippen LogP contribution in [0.4, 0.5) is 0 Å². The van der Waals surface area contributed by atoms with E-state index in [0.29, 0.717) is 5.82 Å². The first-order valence-corrected chi connectivity index (χ1v) is 12.7. The van der Waals surface area contributed by atoms with Gasteiger partial charge in [0, 0.05) is 54.4 Å². The number of esters is 1. The zero-order valence-electron chi connectivity index (χ0n) is 22.3. The van der Waals surface area contributed by atoms with E-state index in [9.17, 15) is 9.90 Å². The number of fused-ring (bicyclic) bond motifs is 5. The van der Waals surface area contributed by atoms with Crippen LogP contribution in [0.1, 0.15) is 49.9 Å². The minimum atomic E-state index is -0.887. The summed E-state index contributed by atoms with van der Waals surface area (Å²) in [6, 6.07) is 9.21. The molecular formula is C28H33N5O5. The first-order valence-electron chi connectivity index (χ1n) is 12.7. The van der Waals surface area contributed by atoms with Gasteiger partial charge in [0.15, 0.2) is 0 Å². The number of pyridine rings is 1. The van der Waals surface area contributed by atoms with Gasteiger partial charge in [0.25, 0.3) is 0 Å². The number of aliphatic hydroxyl groups excluding tert-OH is 1. The summed E-state index contributed by atoms with van der Waals surface area (Å²) in [7, 11) is 2.98. The minimum absolute atomic E-state index is 0.0216. The first-order chi connectivity index (χ1) is 18.2. The number of ether oxygens (including phenoxy) is 2. The summed E-state index contributed by atoms with van der Waals surface area (Å²) in [6.45, 7) is 6.95. The molecule has 3 heterocycles. The Kier molecular flexibility index (Phi) is 6.81. The van der Waals surface area contributed by atoms with E-state index in [0.717, 1.165) is 45.5 Å². The number of aryl methyl sites for hydroxylation is 1. The highest BCUT2D eigenvalue weighted by atomic mass is 16.5. The molecule has 10 heteroatoms. The molecule has 4 aromatic rings. The Morgan fingerprint density at radius 3 is 2.76 bits per heavy atom. The molecule has 1 aliphatic rings. The molecule has 0 bridgehead atoms. The maximum absolute atomic E-state index is 11.7. The molecule has 38 heavy (non-hydrogen) atoms. The second kappa shape index (κ2) is 9.94. The van der Waals surface area contributed by atoms with Gasteiger partial charge < -0.3 is 29.4 Å². The van der Waals surface area contributed by atoms with Crippen LogP contribution in [0.25, 0.3) is 33.5 Å². The number of rotatable bonds is 8. The number of hydrogen-bond acceptors (Lipinski definition) is 9. The van der Waals surface area contributed by atoms with Crippen molar-refractivity contribution in [2.24, 2.45) is 11.1 Å². The molecule has 0 amide bonds. The summed E-state index contributed by atoms with van der Waals surface area (Å²) in [5.74, 6) is -0.0564. The highest BCUT2D eigenvalue weighted by Gasteiger charge is 2.46. The van der Waals surface area contributed by atoms with Crippen LogP contribution in [0, 0.1) is 5.41 Å². The molecule has 200 valence electrons. The first kappa shape index (κ1) is 26.0. The number of nitrogens with zero attached hydrogens (tertiary/aromatic N) is 4. The van der Waals surface area contributed by atoms with Gasteiger partial charge in [-0.25, -0.2) is 0 Å². The average Bonchev–Trinajstić information content (AvgIpc) is 3.53. The van der Waals surface area contributed by atoms with Crippen molar-refractivity contribution < 1.29 is 23.9 Å². The number of methoxy groups -OCH3 is 2. The quantitative estimate of drug-likeness (QED) is 0.334. The number of aromatic nitrogens is 4. The molecule has 0 saturated heterocycles. The monoisotopic (exact) mass is 519 g/mol. The lowest BCUT2D eigenvalue weighted by atomic mass is 9.67. The highest BCUT2D eigenvalue weighted by Crippen LogP contribution is 2.56. The summed E-state index contributed by atoms with van der Waals surface area (Å²) in [5.41, 5.74) is 11.3. The SMILES string of the molecule is CCn1c2c(c3cc(-c4noc(C[C@H](N)C(=O)OC)n4)ccc31)C(C(C)(C)CO)[C@H](OC)c1ncccc1-2. The molecule has 0 aliphatic heterocycles. The lowest BCUT2D eigenvalue weighted by molar-refractivity contribution is -0.142. The Labute approximate surface area is 220 Å². The topological polar surface area (TPSA) is 139 Å². The smallest absolute Gasteiger partial charge is 0.323 e. The number of benzene rings is 1. The van der Waals surface area contributed by atoms with E-state index >= 15 is 0 Å². The van der Waals surface area contributed by atoms with E-state index < -0.39 is 17.4 Å². The molecule has 0 radical (unpaired) electrons. The number of hydrogen-bond donors (Lipinski definition) is 2. The van der Waals surface area contributed by atoms with Crippen molar-refractivity contribution in [3.8, 4) is 22.6 Å². The Morgan fingerprint density at radius 1 is 1.29 bits per heavy atom. The van der Waals surface area contributed by atoms with Crippen LogP contribution in [-0.2, 0) is 27.2 Å². The zero-order chi connectivity index (χ0) is 27.2. The van der Waals surface area contributed by atoms with Gasteiger partial charge in [0.05, 0.1) is 24.9 Å². The number of aliphatic hydroxyl groups is 1. The van der Waals surface area contributed by atoms with Crippen molar-refractivity contribution in [2.45, 2.75) is 51.8 Å². The highest BCUT2D eigenvalue weighted by molar-refractivity contribution is 5.96. The van der Waals surface area contributed by atoms with Gasteiger partial charge in [-0.1, -0.05) is 19.0 Å². The van der Waals surface area contributed by atoms with E-state index in [-0.39, 0.29) is 30.9 Å².